The SMILES string of the molecule is COC(=O)Cn1/c(=N/S(=O)(=O)c2cccs2)sc2cc(OC)ccc21. The van der Waals surface area contributed by atoms with Crippen molar-refractivity contribution in [1.29, 1.82) is 0 Å². The first-order chi connectivity index (χ1) is 11.9. The number of aromatic nitrogens is 1. The number of sulfonamides is 1. The van der Waals surface area contributed by atoms with Gasteiger partial charge in [-0.1, -0.05) is 17.4 Å². The summed E-state index contributed by atoms with van der Waals surface area (Å²) in [5.74, 6) is 0.136. The Kier molecular flexibility index (Phi) is 4.93. The number of carbonyl (C=O) groups excluding carboxylic acids is 1. The lowest BCUT2D eigenvalue weighted by Gasteiger charge is -2.04. The van der Waals surface area contributed by atoms with Gasteiger partial charge in [-0.25, -0.2) is 0 Å². The van der Waals surface area contributed by atoms with Crippen LogP contribution < -0.4 is 9.54 Å². The number of fused-ring (bicyclic) bond motifs is 1. The second-order valence-electron chi connectivity index (χ2n) is 4.88. The molecule has 0 saturated carbocycles. The van der Waals surface area contributed by atoms with Crippen LogP contribution in [0.2, 0.25) is 0 Å². The molecule has 7 nitrogen and oxygen atoms in total. The maximum absolute atomic E-state index is 12.5. The molecule has 3 aromatic rings. The third-order valence-corrected chi connectivity index (χ3v) is 7.15. The Morgan fingerprint density at radius 2 is 2.08 bits per heavy atom. The first-order valence-electron chi connectivity index (χ1n) is 7.03. The Balaban J connectivity index is 2.24. The lowest BCUT2D eigenvalue weighted by molar-refractivity contribution is -0.141. The number of hydrogen-bond acceptors (Lipinski definition) is 7. The number of hydrogen-bond donors (Lipinski definition) is 0. The molecule has 3 rings (SSSR count). The van der Waals surface area contributed by atoms with Crippen LogP contribution in [0.25, 0.3) is 10.2 Å². The molecule has 1 aromatic carbocycles. The van der Waals surface area contributed by atoms with Crippen molar-refractivity contribution in [3.63, 3.8) is 0 Å². The molecule has 0 aliphatic heterocycles. The number of thiophene rings is 1. The van der Waals surface area contributed by atoms with Crippen LogP contribution in [0.5, 0.6) is 5.75 Å². The average Bonchev–Trinajstić information content (AvgIpc) is 3.23. The summed E-state index contributed by atoms with van der Waals surface area (Å²) in [5, 5.41) is 1.67. The summed E-state index contributed by atoms with van der Waals surface area (Å²) >= 11 is 2.25. The smallest absolute Gasteiger partial charge is 0.325 e. The Hall–Kier alpha value is -2.17. The quantitative estimate of drug-likeness (QED) is 0.615. The number of carbonyl (C=O) groups is 1. The van der Waals surface area contributed by atoms with Gasteiger partial charge in [0.2, 0.25) is 4.80 Å². The first kappa shape index (κ1) is 17.6. The Bertz CT molecular complexity index is 1080. The van der Waals surface area contributed by atoms with Crippen molar-refractivity contribution in [2.45, 2.75) is 10.8 Å². The highest BCUT2D eigenvalue weighted by molar-refractivity contribution is 7.92. The standard InChI is InChI=1S/C15H14N2O5S3/c1-21-10-5-6-11-12(8-10)24-15(17(11)9-13(18)22-2)16-25(19,20)14-4-3-7-23-14/h3-8H,9H2,1-2H3/b16-15-. The molecular formula is C15H14N2O5S3. The van der Waals surface area contributed by atoms with Gasteiger partial charge in [-0.2, -0.15) is 8.42 Å². The molecule has 0 unspecified atom stereocenters. The monoisotopic (exact) mass is 398 g/mol. The molecule has 0 atom stereocenters. The minimum Gasteiger partial charge on any atom is -0.497 e. The predicted molar refractivity (Wildman–Crippen MR) is 95.5 cm³/mol. The maximum atomic E-state index is 12.5. The van der Waals surface area contributed by atoms with Gasteiger partial charge in [0, 0.05) is 0 Å². The first-order valence-corrected chi connectivity index (χ1v) is 10.2. The fraction of sp³-hybridized carbons (Fsp3) is 0.200. The Morgan fingerprint density at radius 3 is 2.72 bits per heavy atom. The second-order valence-corrected chi connectivity index (χ2v) is 8.67. The van der Waals surface area contributed by atoms with Gasteiger partial charge in [-0.15, -0.1) is 15.7 Å². The minimum atomic E-state index is -3.85. The number of nitrogens with zero attached hydrogens (tertiary/aromatic N) is 2. The second kappa shape index (κ2) is 6.98. The van der Waals surface area contributed by atoms with Gasteiger partial charge in [0.25, 0.3) is 10.0 Å². The molecular weight excluding hydrogens is 384 g/mol. The molecule has 0 radical (unpaired) electrons. The van der Waals surface area contributed by atoms with E-state index in [2.05, 4.69) is 4.40 Å². The van der Waals surface area contributed by atoms with Crippen LogP contribution in [0.4, 0.5) is 0 Å². The fourth-order valence-electron chi connectivity index (χ4n) is 2.16. The van der Waals surface area contributed by atoms with Gasteiger partial charge in [0.1, 0.15) is 16.5 Å². The van der Waals surface area contributed by atoms with Gasteiger partial charge in [-0.05, 0) is 29.6 Å². The van der Waals surface area contributed by atoms with E-state index in [1.54, 1.807) is 36.8 Å². The van der Waals surface area contributed by atoms with Crippen molar-refractivity contribution >= 4 is 48.9 Å². The molecule has 10 heteroatoms. The number of esters is 1. The zero-order valence-electron chi connectivity index (χ0n) is 13.3. The summed E-state index contributed by atoms with van der Waals surface area (Å²) in [4.78, 5) is 11.9. The molecule has 2 heterocycles. The number of thiazole rings is 1. The summed E-state index contributed by atoms with van der Waals surface area (Å²) in [6.07, 6.45) is 0. The molecule has 0 spiro atoms. The van der Waals surface area contributed by atoms with Crippen molar-refractivity contribution < 1.29 is 22.7 Å². The van der Waals surface area contributed by atoms with Gasteiger partial charge >= 0.3 is 5.97 Å². The third-order valence-electron chi connectivity index (χ3n) is 3.35. The van der Waals surface area contributed by atoms with Crippen LogP contribution in [0.3, 0.4) is 0 Å². The number of rotatable bonds is 5. The maximum Gasteiger partial charge on any atom is 0.325 e. The number of benzene rings is 1. The molecule has 0 aliphatic rings. The highest BCUT2D eigenvalue weighted by Gasteiger charge is 2.17. The van der Waals surface area contributed by atoms with E-state index >= 15 is 0 Å². The number of ether oxygens (including phenoxy) is 2. The van der Waals surface area contributed by atoms with E-state index in [0.29, 0.717) is 11.3 Å². The van der Waals surface area contributed by atoms with Crippen LogP contribution in [0.1, 0.15) is 0 Å². The summed E-state index contributed by atoms with van der Waals surface area (Å²) in [6.45, 7) is -0.137. The molecule has 0 aliphatic carbocycles. The lowest BCUT2D eigenvalue weighted by Crippen LogP contribution is -2.22. The molecule has 0 bridgehead atoms. The van der Waals surface area contributed by atoms with E-state index in [-0.39, 0.29) is 15.6 Å². The van der Waals surface area contributed by atoms with Crippen molar-refractivity contribution in [2.75, 3.05) is 14.2 Å². The largest absolute Gasteiger partial charge is 0.497 e. The van der Waals surface area contributed by atoms with E-state index in [0.717, 1.165) is 27.4 Å². The van der Waals surface area contributed by atoms with Crippen LogP contribution in [0, 0.1) is 0 Å². The van der Waals surface area contributed by atoms with Gasteiger partial charge in [-0.3, -0.25) is 4.79 Å². The van der Waals surface area contributed by atoms with Gasteiger partial charge < -0.3 is 14.0 Å². The predicted octanol–water partition coefficient (Wildman–Crippen LogP) is 2.24. The minimum absolute atomic E-state index is 0.137. The van der Waals surface area contributed by atoms with Crippen LogP contribution in [-0.2, 0) is 26.1 Å². The summed E-state index contributed by atoms with van der Waals surface area (Å²) in [7, 11) is -1.03. The van der Waals surface area contributed by atoms with Crippen molar-refractivity contribution in [2.24, 2.45) is 4.40 Å². The lowest BCUT2D eigenvalue weighted by atomic mass is 10.3. The topological polar surface area (TPSA) is 87.0 Å². The van der Waals surface area contributed by atoms with Crippen LogP contribution in [0.15, 0.2) is 44.3 Å². The Morgan fingerprint density at radius 1 is 1.28 bits per heavy atom. The van der Waals surface area contributed by atoms with E-state index in [9.17, 15) is 13.2 Å². The van der Waals surface area contributed by atoms with Crippen molar-refractivity contribution in [3.8, 4) is 5.75 Å². The highest BCUT2D eigenvalue weighted by atomic mass is 32.2. The molecule has 0 N–H and O–H groups in total. The average molecular weight is 398 g/mol. The van der Waals surface area contributed by atoms with E-state index in [4.69, 9.17) is 9.47 Å². The van der Waals surface area contributed by atoms with Crippen molar-refractivity contribution in [3.05, 3.63) is 40.5 Å². The molecule has 0 fully saturated rings. The highest BCUT2D eigenvalue weighted by Crippen LogP contribution is 2.24. The Labute approximate surface area is 151 Å². The summed E-state index contributed by atoms with van der Waals surface area (Å²) in [6, 6.07) is 8.39. The van der Waals surface area contributed by atoms with Crippen molar-refractivity contribution in [1.82, 2.24) is 4.57 Å². The fourth-order valence-corrected chi connectivity index (χ4v) is 5.38. The normalized spacial score (nSPS) is 12.5. The zero-order valence-corrected chi connectivity index (χ0v) is 15.8. The molecule has 2 aromatic heterocycles. The van der Waals surface area contributed by atoms with E-state index < -0.39 is 16.0 Å². The van der Waals surface area contributed by atoms with E-state index in [1.807, 2.05) is 0 Å². The van der Waals surface area contributed by atoms with E-state index in [1.165, 1.54) is 17.7 Å². The number of methoxy groups -OCH3 is 2. The molecule has 0 saturated heterocycles. The zero-order chi connectivity index (χ0) is 18.0. The van der Waals surface area contributed by atoms with Crippen LogP contribution >= 0.6 is 22.7 Å². The van der Waals surface area contributed by atoms with Crippen LogP contribution in [-0.4, -0.2) is 33.2 Å². The summed E-state index contributed by atoms with van der Waals surface area (Å²) < 4.78 is 41.2. The molecule has 25 heavy (non-hydrogen) atoms. The molecule has 0 amide bonds. The van der Waals surface area contributed by atoms with Gasteiger partial charge in [0.05, 0.1) is 24.4 Å². The third kappa shape index (κ3) is 3.60. The van der Waals surface area contributed by atoms with Gasteiger partial charge in [0.15, 0.2) is 0 Å². The molecule has 132 valence electrons. The summed E-state index contributed by atoms with van der Waals surface area (Å²) in [5.41, 5.74) is 0.677.